The number of hydrogen-bond acceptors (Lipinski definition) is 2. The minimum atomic E-state index is 0.274. The number of hydrogen-bond donors (Lipinski definition) is 1. The maximum Gasteiger partial charge on any atom is 0.0693 e. The first-order valence-corrected chi connectivity index (χ1v) is 4.47. The molecule has 0 saturated heterocycles. The van der Waals surface area contributed by atoms with E-state index in [1.165, 1.54) is 5.57 Å². The Balaban J connectivity index is 3.57. The molecule has 0 aliphatic heterocycles. The molecule has 1 N–H and O–H groups in total. The molecule has 72 valence electrons. The Labute approximate surface area is 76.0 Å². The van der Waals surface area contributed by atoms with Crippen LogP contribution in [-0.2, 0) is 4.74 Å². The van der Waals surface area contributed by atoms with Crippen LogP contribution in [0.3, 0.4) is 0 Å². The summed E-state index contributed by atoms with van der Waals surface area (Å²) in [7, 11) is 1.74. The minimum absolute atomic E-state index is 0.274. The third-order valence-electron chi connectivity index (χ3n) is 2.03. The van der Waals surface area contributed by atoms with Crippen molar-refractivity contribution >= 4 is 0 Å². The van der Waals surface area contributed by atoms with Crippen molar-refractivity contribution in [2.45, 2.75) is 39.8 Å². The molecule has 0 fully saturated rings. The van der Waals surface area contributed by atoms with Crippen molar-refractivity contribution in [1.82, 2.24) is 5.32 Å². The summed E-state index contributed by atoms with van der Waals surface area (Å²) in [5.41, 5.74) is 1.35. The molecule has 0 amide bonds. The smallest absolute Gasteiger partial charge is 0.0693 e. The normalized spacial score (nSPS) is 15.4. The number of allylic oxidation sites excluding steroid dienone is 1. The molecule has 0 radical (unpaired) electrons. The summed E-state index contributed by atoms with van der Waals surface area (Å²) in [5.74, 6) is 0. The van der Waals surface area contributed by atoms with Crippen molar-refractivity contribution in [3.05, 3.63) is 11.6 Å². The van der Waals surface area contributed by atoms with Gasteiger partial charge >= 0.3 is 0 Å². The highest BCUT2D eigenvalue weighted by atomic mass is 16.5. The van der Waals surface area contributed by atoms with Crippen LogP contribution in [0.25, 0.3) is 0 Å². The molecule has 12 heavy (non-hydrogen) atoms. The molecule has 0 bridgehead atoms. The maximum absolute atomic E-state index is 5.19. The molecule has 0 aliphatic rings. The lowest BCUT2D eigenvalue weighted by molar-refractivity contribution is 0.0900. The molecular weight excluding hydrogens is 150 g/mol. The lowest BCUT2D eigenvalue weighted by Crippen LogP contribution is -2.36. The summed E-state index contributed by atoms with van der Waals surface area (Å²) in [5, 5.41) is 3.36. The summed E-state index contributed by atoms with van der Waals surface area (Å²) in [6, 6.07) is 0.408. The Morgan fingerprint density at radius 1 is 1.42 bits per heavy atom. The lowest BCUT2D eigenvalue weighted by Gasteiger charge is -2.18. The fourth-order valence-electron chi connectivity index (χ4n) is 0.819. The number of ether oxygens (including phenoxy) is 1. The van der Waals surface area contributed by atoms with Crippen LogP contribution in [0.15, 0.2) is 11.6 Å². The van der Waals surface area contributed by atoms with E-state index in [0.717, 1.165) is 6.54 Å². The van der Waals surface area contributed by atoms with Gasteiger partial charge in [0.1, 0.15) is 0 Å². The number of nitrogens with one attached hydrogen (secondary N) is 1. The van der Waals surface area contributed by atoms with E-state index < -0.39 is 0 Å². The van der Waals surface area contributed by atoms with Gasteiger partial charge in [-0.05, 0) is 27.7 Å². The second-order valence-electron chi connectivity index (χ2n) is 3.42. The van der Waals surface area contributed by atoms with E-state index in [4.69, 9.17) is 4.74 Å². The monoisotopic (exact) mass is 171 g/mol. The first-order valence-electron chi connectivity index (χ1n) is 4.47. The van der Waals surface area contributed by atoms with Crippen LogP contribution in [0.2, 0.25) is 0 Å². The summed E-state index contributed by atoms with van der Waals surface area (Å²) < 4.78 is 5.19. The van der Waals surface area contributed by atoms with Gasteiger partial charge in [0.25, 0.3) is 0 Å². The third kappa shape index (κ3) is 5.33. The molecule has 0 aromatic carbocycles. The number of methoxy groups -OCH3 is 1. The molecule has 0 saturated carbocycles. The van der Waals surface area contributed by atoms with Crippen LogP contribution in [0.4, 0.5) is 0 Å². The first-order chi connectivity index (χ1) is 5.57. The zero-order valence-corrected chi connectivity index (χ0v) is 8.85. The molecule has 2 unspecified atom stereocenters. The predicted molar refractivity (Wildman–Crippen MR) is 53.4 cm³/mol. The molecule has 0 aromatic heterocycles. The molecule has 0 heterocycles. The van der Waals surface area contributed by atoms with E-state index in [-0.39, 0.29) is 6.10 Å². The Bertz CT molecular complexity index is 139. The number of rotatable bonds is 5. The van der Waals surface area contributed by atoms with E-state index in [9.17, 15) is 0 Å². The average molecular weight is 171 g/mol. The average Bonchev–Trinajstić information content (AvgIpc) is 2.02. The van der Waals surface area contributed by atoms with Crippen molar-refractivity contribution in [3.8, 4) is 0 Å². The van der Waals surface area contributed by atoms with Gasteiger partial charge in [0.05, 0.1) is 6.10 Å². The Hall–Kier alpha value is -0.340. The Kier molecular flexibility index (Phi) is 6.03. The largest absolute Gasteiger partial charge is 0.380 e. The maximum atomic E-state index is 5.19. The minimum Gasteiger partial charge on any atom is -0.380 e. The molecule has 2 nitrogen and oxygen atoms in total. The predicted octanol–water partition coefficient (Wildman–Crippen LogP) is 1.97. The molecule has 0 aliphatic carbocycles. The molecule has 2 heteroatoms. The van der Waals surface area contributed by atoms with Crippen LogP contribution in [0, 0.1) is 0 Å². The van der Waals surface area contributed by atoms with Gasteiger partial charge in [-0.25, -0.2) is 0 Å². The summed E-state index contributed by atoms with van der Waals surface area (Å²) in [6.45, 7) is 9.34. The van der Waals surface area contributed by atoms with Crippen LogP contribution in [0.5, 0.6) is 0 Å². The van der Waals surface area contributed by atoms with Crippen LogP contribution >= 0.6 is 0 Å². The van der Waals surface area contributed by atoms with Crippen LogP contribution in [0.1, 0.15) is 27.7 Å². The molecular formula is C10H21NO. The van der Waals surface area contributed by atoms with Gasteiger partial charge in [-0.2, -0.15) is 0 Å². The van der Waals surface area contributed by atoms with Crippen molar-refractivity contribution < 1.29 is 4.74 Å². The van der Waals surface area contributed by atoms with Gasteiger partial charge < -0.3 is 10.1 Å². The zero-order chi connectivity index (χ0) is 9.56. The molecule has 0 aromatic rings. The van der Waals surface area contributed by atoms with E-state index in [1.54, 1.807) is 7.11 Å². The van der Waals surface area contributed by atoms with Gasteiger partial charge in [0.2, 0.25) is 0 Å². The van der Waals surface area contributed by atoms with Crippen LogP contribution < -0.4 is 5.32 Å². The SMILES string of the molecule is COC(C)C(C)NCC=C(C)C. The summed E-state index contributed by atoms with van der Waals surface area (Å²) >= 11 is 0. The highest BCUT2D eigenvalue weighted by Gasteiger charge is 2.08. The van der Waals surface area contributed by atoms with Crippen molar-refractivity contribution in [1.29, 1.82) is 0 Å². The molecule has 0 rings (SSSR count). The quantitative estimate of drug-likeness (QED) is 0.638. The van der Waals surface area contributed by atoms with Crippen molar-refractivity contribution in [2.75, 3.05) is 13.7 Å². The second kappa shape index (κ2) is 6.21. The lowest BCUT2D eigenvalue weighted by atomic mass is 10.2. The van der Waals surface area contributed by atoms with Gasteiger partial charge in [0, 0.05) is 19.7 Å². The van der Waals surface area contributed by atoms with Gasteiger partial charge in [0.15, 0.2) is 0 Å². The van der Waals surface area contributed by atoms with Gasteiger partial charge in [-0.1, -0.05) is 11.6 Å². The molecule has 2 atom stereocenters. The zero-order valence-electron chi connectivity index (χ0n) is 8.85. The first kappa shape index (κ1) is 11.7. The second-order valence-corrected chi connectivity index (χ2v) is 3.42. The van der Waals surface area contributed by atoms with Gasteiger partial charge in [-0.3, -0.25) is 0 Å². The molecule has 0 spiro atoms. The van der Waals surface area contributed by atoms with E-state index >= 15 is 0 Å². The highest BCUT2D eigenvalue weighted by molar-refractivity contribution is 4.94. The van der Waals surface area contributed by atoms with Crippen LogP contribution in [-0.4, -0.2) is 25.8 Å². The standard InChI is InChI=1S/C10H21NO/c1-8(2)6-7-11-9(3)10(4)12-5/h6,9-11H,7H2,1-5H3. The fourth-order valence-corrected chi connectivity index (χ4v) is 0.819. The van der Waals surface area contributed by atoms with E-state index in [1.807, 2.05) is 0 Å². The highest BCUT2D eigenvalue weighted by Crippen LogP contribution is 1.95. The third-order valence-corrected chi connectivity index (χ3v) is 2.03. The fraction of sp³-hybridized carbons (Fsp3) is 0.800. The topological polar surface area (TPSA) is 21.3 Å². The van der Waals surface area contributed by atoms with E-state index in [0.29, 0.717) is 6.04 Å². The van der Waals surface area contributed by atoms with E-state index in [2.05, 4.69) is 39.1 Å². The summed E-state index contributed by atoms with van der Waals surface area (Å²) in [4.78, 5) is 0. The Morgan fingerprint density at radius 3 is 2.42 bits per heavy atom. The van der Waals surface area contributed by atoms with Crippen molar-refractivity contribution in [3.63, 3.8) is 0 Å². The van der Waals surface area contributed by atoms with Crippen molar-refractivity contribution in [2.24, 2.45) is 0 Å². The Morgan fingerprint density at radius 2 is 2.00 bits per heavy atom. The van der Waals surface area contributed by atoms with Gasteiger partial charge in [-0.15, -0.1) is 0 Å². The summed E-state index contributed by atoms with van der Waals surface area (Å²) in [6.07, 6.45) is 2.45.